The largest absolute Gasteiger partial charge is 0.340 e. The quantitative estimate of drug-likeness (QED) is 0.742. The van der Waals surface area contributed by atoms with Gasteiger partial charge in [-0.15, -0.1) is 0 Å². The van der Waals surface area contributed by atoms with E-state index in [1.54, 1.807) is 12.1 Å². The van der Waals surface area contributed by atoms with Crippen molar-refractivity contribution >= 4 is 16.8 Å². The van der Waals surface area contributed by atoms with Crippen molar-refractivity contribution in [1.82, 2.24) is 14.8 Å². The molecule has 0 unspecified atom stereocenters. The van der Waals surface area contributed by atoms with Crippen molar-refractivity contribution < 1.29 is 9.18 Å². The van der Waals surface area contributed by atoms with E-state index in [-0.39, 0.29) is 23.7 Å². The average Bonchev–Trinajstić information content (AvgIpc) is 2.71. The number of nitrogens with one attached hydrogen (secondary N) is 1. The Balaban J connectivity index is 1.36. The van der Waals surface area contributed by atoms with E-state index in [9.17, 15) is 14.0 Å². The first-order valence-corrected chi connectivity index (χ1v) is 9.85. The highest BCUT2D eigenvalue weighted by Gasteiger charge is 2.22. The predicted octanol–water partition coefficient (Wildman–Crippen LogP) is 2.86. The molecule has 5 nitrogen and oxygen atoms in total. The molecule has 4 rings (SSSR count). The molecule has 1 N–H and O–H groups in total. The van der Waals surface area contributed by atoms with Gasteiger partial charge < -0.3 is 9.88 Å². The van der Waals surface area contributed by atoms with Crippen LogP contribution >= 0.6 is 0 Å². The van der Waals surface area contributed by atoms with Crippen LogP contribution in [0.15, 0.2) is 53.3 Å². The number of aromatic amines is 1. The summed E-state index contributed by atoms with van der Waals surface area (Å²) in [6.45, 7) is 5.31. The minimum Gasteiger partial charge on any atom is -0.340 e. The summed E-state index contributed by atoms with van der Waals surface area (Å²) in [5.74, 6) is -0.246. The fraction of sp³-hybridized carbons (Fsp3) is 0.304. The zero-order chi connectivity index (χ0) is 20.4. The maximum atomic E-state index is 13.0. The molecule has 150 valence electrons. The van der Waals surface area contributed by atoms with Crippen LogP contribution in [0.5, 0.6) is 0 Å². The van der Waals surface area contributed by atoms with Crippen molar-refractivity contribution in [3.05, 3.63) is 81.4 Å². The van der Waals surface area contributed by atoms with Gasteiger partial charge in [-0.3, -0.25) is 14.5 Å². The zero-order valence-electron chi connectivity index (χ0n) is 16.5. The molecule has 0 bridgehead atoms. The SMILES string of the molecule is Cc1ccc2[nH]c(=O)c(CN3CCN(C(=O)Cc4ccc(F)cc4)CC3)cc2c1. The number of aromatic nitrogens is 1. The van der Waals surface area contributed by atoms with E-state index < -0.39 is 0 Å². The Morgan fingerprint density at radius 2 is 1.76 bits per heavy atom. The Labute approximate surface area is 168 Å². The molecule has 2 aromatic carbocycles. The van der Waals surface area contributed by atoms with Gasteiger partial charge in [-0.05, 0) is 48.2 Å². The second-order valence-electron chi connectivity index (χ2n) is 7.67. The van der Waals surface area contributed by atoms with Crippen molar-refractivity contribution in [3.8, 4) is 0 Å². The lowest BCUT2D eigenvalue weighted by Gasteiger charge is -2.34. The Bertz CT molecular complexity index is 1080. The van der Waals surface area contributed by atoms with Gasteiger partial charge in [0.05, 0.1) is 6.42 Å². The number of carbonyl (C=O) groups is 1. The van der Waals surface area contributed by atoms with Gasteiger partial charge in [0.25, 0.3) is 5.56 Å². The lowest BCUT2D eigenvalue weighted by Crippen LogP contribution is -2.49. The average molecular weight is 393 g/mol. The molecule has 1 amide bonds. The summed E-state index contributed by atoms with van der Waals surface area (Å²) >= 11 is 0. The molecule has 29 heavy (non-hydrogen) atoms. The van der Waals surface area contributed by atoms with Gasteiger partial charge in [-0.25, -0.2) is 4.39 Å². The summed E-state index contributed by atoms with van der Waals surface area (Å²) in [5.41, 5.74) is 3.51. The number of benzene rings is 2. The van der Waals surface area contributed by atoms with Crippen molar-refractivity contribution in [1.29, 1.82) is 0 Å². The van der Waals surface area contributed by atoms with Gasteiger partial charge in [0.2, 0.25) is 5.91 Å². The van der Waals surface area contributed by atoms with E-state index in [4.69, 9.17) is 0 Å². The van der Waals surface area contributed by atoms with Crippen LogP contribution in [-0.4, -0.2) is 46.9 Å². The van der Waals surface area contributed by atoms with Gasteiger partial charge in [0, 0.05) is 43.8 Å². The third kappa shape index (κ3) is 4.54. The van der Waals surface area contributed by atoms with Crippen molar-refractivity contribution in [2.24, 2.45) is 0 Å². The Hall–Kier alpha value is -2.99. The molecule has 1 aliphatic rings. The van der Waals surface area contributed by atoms with Crippen LogP contribution < -0.4 is 5.56 Å². The molecule has 3 aromatic rings. The van der Waals surface area contributed by atoms with Crippen LogP contribution in [0.4, 0.5) is 4.39 Å². The van der Waals surface area contributed by atoms with Crippen molar-refractivity contribution in [2.75, 3.05) is 26.2 Å². The molecule has 6 heteroatoms. The molecule has 1 aliphatic heterocycles. The summed E-state index contributed by atoms with van der Waals surface area (Å²) in [4.78, 5) is 31.9. The number of pyridine rings is 1. The van der Waals surface area contributed by atoms with E-state index in [0.29, 0.717) is 19.6 Å². The second kappa shape index (κ2) is 8.17. The standard InChI is InChI=1S/C23H24FN3O2/c1-16-2-7-21-18(12-16)14-19(23(29)25-21)15-26-8-10-27(11-9-26)22(28)13-17-3-5-20(24)6-4-17/h2-7,12,14H,8-11,13,15H2,1H3,(H,25,29). The second-order valence-corrected chi connectivity index (χ2v) is 7.67. The molecule has 0 atom stereocenters. The minimum absolute atomic E-state index is 0.0512. The number of H-pyrrole nitrogens is 1. The van der Waals surface area contributed by atoms with Gasteiger partial charge >= 0.3 is 0 Å². The molecular weight excluding hydrogens is 369 g/mol. The maximum Gasteiger partial charge on any atom is 0.252 e. The van der Waals surface area contributed by atoms with Crippen LogP contribution in [-0.2, 0) is 17.8 Å². The lowest BCUT2D eigenvalue weighted by molar-refractivity contribution is -0.132. The smallest absolute Gasteiger partial charge is 0.252 e. The number of fused-ring (bicyclic) bond motifs is 1. The Morgan fingerprint density at radius 1 is 1.03 bits per heavy atom. The third-order valence-corrected chi connectivity index (χ3v) is 5.46. The molecule has 0 spiro atoms. The van der Waals surface area contributed by atoms with Crippen LogP contribution in [0.1, 0.15) is 16.7 Å². The third-order valence-electron chi connectivity index (χ3n) is 5.46. The summed E-state index contributed by atoms with van der Waals surface area (Å²) < 4.78 is 13.0. The van der Waals surface area contributed by atoms with E-state index in [1.165, 1.54) is 12.1 Å². The zero-order valence-corrected chi connectivity index (χ0v) is 16.5. The number of hydrogen-bond donors (Lipinski definition) is 1. The number of aryl methyl sites for hydroxylation is 1. The number of amides is 1. The molecular formula is C23H24FN3O2. The highest BCUT2D eigenvalue weighted by atomic mass is 19.1. The first-order valence-electron chi connectivity index (χ1n) is 9.85. The molecule has 1 saturated heterocycles. The summed E-state index contributed by atoms with van der Waals surface area (Å²) in [7, 11) is 0. The lowest BCUT2D eigenvalue weighted by atomic mass is 10.1. The number of halogens is 1. The molecule has 2 heterocycles. The van der Waals surface area contributed by atoms with E-state index >= 15 is 0 Å². The normalized spacial score (nSPS) is 15.0. The van der Waals surface area contributed by atoms with Crippen LogP contribution in [0.2, 0.25) is 0 Å². The molecule has 0 radical (unpaired) electrons. The molecule has 1 aromatic heterocycles. The number of hydrogen-bond acceptors (Lipinski definition) is 3. The van der Waals surface area contributed by atoms with Gasteiger partial charge in [0.15, 0.2) is 0 Å². The van der Waals surface area contributed by atoms with Crippen molar-refractivity contribution in [3.63, 3.8) is 0 Å². The minimum atomic E-state index is -0.298. The van der Waals surface area contributed by atoms with Crippen LogP contribution in [0, 0.1) is 12.7 Å². The Kier molecular flexibility index (Phi) is 5.45. The predicted molar refractivity (Wildman–Crippen MR) is 111 cm³/mol. The molecule has 0 saturated carbocycles. The fourth-order valence-electron chi connectivity index (χ4n) is 3.77. The van der Waals surface area contributed by atoms with E-state index in [1.807, 2.05) is 30.0 Å². The summed E-state index contributed by atoms with van der Waals surface area (Å²) in [6.07, 6.45) is 0.282. The van der Waals surface area contributed by atoms with Crippen molar-refractivity contribution in [2.45, 2.75) is 19.9 Å². The number of piperazine rings is 1. The summed E-state index contributed by atoms with van der Waals surface area (Å²) in [6, 6.07) is 14.0. The number of carbonyl (C=O) groups excluding carboxylic acids is 1. The molecule has 1 fully saturated rings. The first kappa shape index (κ1) is 19.3. The van der Waals surface area contributed by atoms with Crippen LogP contribution in [0.25, 0.3) is 10.9 Å². The molecule has 0 aliphatic carbocycles. The first-order chi connectivity index (χ1) is 14.0. The van der Waals surface area contributed by atoms with E-state index in [0.717, 1.165) is 40.7 Å². The van der Waals surface area contributed by atoms with E-state index in [2.05, 4.69) is 16.0 Å². The Morgan fingerprint density at radius 3 is 2.48 bits per heavy atom. The fourth-order valence-corrected chi connectivity index (χ4v) is 3.77. The van der Waals surface area contributed by atoms with Gasteiger partial charge in [-0.1, -0.05) is 23.8 Å². The highest BCUT2D eigenvalue weighted by molar-refractivity contribution is 5.80. The van der Waals surface area contributed by atoms with Gasteiger partial charge in [-0.2, -0.15) is 0 Å². The topological polar surface area (TPSA) is 56.4 Å². The maximum absolute atomic E-state index is 13.0. The summed E-state index contributed by atoms with van der Waals surface area (Å²) in [5, 5.41) is 1.03. The van der Waals surface area contributed by atoms with Crippen LogP contribution in [0.3, 0.4) is 0 Å². The monoisotopic (exact) mass is 393 g/mol. The number of rotatable bonds is 4. The highest BCUT2D eigenvalue weighted by Crippen LogP contribution is 2.15. The van der Waals surface area contributed by atoms with Gasteiger partial charge in [0.1, 0.15) is 5.82 Å². The number of nitrogens with zero attached hydrogens (tertiary/aromatic N) is 2.